The highest BCUT2D eigenvalue weighted by Gasteiger charge is 2.22. The van der Waals surface area contributed by atoms with Crippen LogP contribution in [0.4, 0.5) is 4.79 Å². The van der Waals surface area contributed by atoms with Crippen molar-refractivity contribution in [3.05, 3.63) is 34.9 Å². The van der Waals surface area contributed by atoms with Crippen LogP contribution in [0.3, 0.4) is 0 Å². The molecule has 19 heavy (non-hydrogen) atoms. The minimum Gasteiger partial charge on any atom is -0.446 e. The monoisotopic (exact) mass is 282 g/mol. The molecular formula is C14H19ClN2O2. The number of nitrogens with one attached hydrogen (secondary N) is 1. The summed E-state index contributed by atoms with van der Waals surface area (Å²) >= 11 is 6.16. The Labute approximate surface area is 118 Å². The Balaban J connectivity index is 1.81. The highest BCUT2D eigenvalue weighted by molar-refractivity contribution is 6.31. The smallest absolute Gasteiger partial charge is 0.407 e. The van der Waals surface area contributed by atoms with E-state index in [1.807, 2.05) is 18.2 Å². The Kier molecular flexibility index (Phi) is 5.05. The van der Waals surface area contributed by atoms with E-state index in [4.69, 9.17) is 16.3 Å². The molecule has 0 bridgehead atoms. The van der Waals surface area contributed by atoms with E-state index in [0.29, 0.717) is 0 Å². The average Bonchev–Trinajstić information content (AvgIpc) is 2.43. The molecule has 0 radical (unpaired) electrons. The van der Waals surface area contributed by atoms with Crippen LogP contribution >= 0.6 is 11.6 Å². The van der Waals surface area contributed by atoms with Gasteiger partial charge in [-0.2, -0.15) is 0 Å². The lowest BCUT2D eigenvalue weighted by Gasteiger charge is -2.31. The first kappa shape index (κ1) is 14.2. The maximum atomic E-state index is 11.1. The normalized spacial score (nSPS) is 17.2. The SMILES string of the molecule is CNC(=O)OC1CCN(Cc2ccccc2Cl)CC1. The van der Waals surface area contributed by atoms with Gasteiger partial charge in [-0.3, -0.25) is 4.90 Å². The zero-order chi connectivity index (χ0) is 13.7. The molecule has 5 heteroatoms. The molecule has 1 fully saturated rings. The van der Waals surface area contributed by atoms with Gasteiger partial charge in [-0.25, -0.2) is 4.79 Å². The minimum absolute atomic E-state index is 0.0300. The van der Waals surface area contributed by atoms with Crippen molar-refractivity contribution in [2.75, 3.05) is 20.1 Å². The van der Waals surface area contributed by atoms with E-state index in [1.165, 1.54) is 0 Å². The summed E-state index contributed by atoms with van der Waals surface area (Å²) in [6.45, 7) is 2.70. The third-order valence-corrected chi connectivity index (χ3v) is 3.73. The first-order valence-corrected chi connectivity index (χ1v) is 6.91. The molecule has 1 saturated heterocycles. The molecule has 1 N–H and O–H groups in total. The number of amides is 1. The van der Waals surface area contributed by atoms with Crippen LogP contribution < -0.4 is 5.32 Å². The number of piperidine rings is 1. The summed E-state index contributed by atoms with van der Waals surface area (Å²) < 4.78 is 5.26. The highest BCUT2D eigenvalue weighted by atomic mass is 35.5. The Hall–Kier alpha value is -1.26. The van der Waals surface area contributed by atoms with E-state index in [1.54, 1.807) is 7.05 Å². The molecule has 1 amide bonds. The molecular weight excluding hydrogens is 264 g/mol. The lowest BCUT2D eigenvalue weighted by molar-refractivity contribution is 0.0498. The van der Waals surface area contributed by atoms with Crippen molar-refractivity contribution in [1.82, 2.24) is 10.2 Å². The van der Waals surface area contributed by atoms with Gasteiger partial charge in [0.2, 0.25) is 0 Å². The van der Waals surface area contributed by atoms with Crippen molar-refractivity contribution in [2.45, 2.75) is 25.5 Å². The number of ether oxygens (including phenoxy) is 1. The fourth-order valence-corrected chi connectivity index (χ4v) is 2.46. The molecule has 0 atom stereocenters. The zero-order valence-corrected chi connectivity index (χ0v) is 11.8. The lowest BCUT2D eigenvalue weighted by atomic mass is 10.1. The first-order valence-electron chi connectivity index (χ1n) is 6.53. The van der Waals surface area contributed by atoms with Crippen LogP contribution in [0.1, 0.15) is 18.4 Å². The highest BCUT2D eigenvalue weighted by Crippen LogP contribution is 2.20. The fourth-order valence-electron chi connectivity index (χ4n) is 2.26. The van der Waals surface area contributed by atoms with Gasteiger partial charge in [-0.15, -0.1) is 0 Å². The number of halogens is 1. The predicted molar refractivity (Wildman–Crippen MR) is 75.3 cm³/mol. The summed E-state index contributed by atoms with van der Waals surface area (Å²) in [7, 11) is 1.58. The van der Waals surface area contributed by atoms with Crippen LogP contribution in [0.25, 0.3) is 0 Å². The van der Waals surface area contributed by atoms with Gasteiger partial charge < -0.3 is 10.1 Å². The van der Waals surface area contributed by atoms with Crippen molar-refractivity contribution in [3.63, 3.8) is 0 Å². The molecule has 1 aliphatic heterocycles. The summed E-state index contributed by atoms with van der Waals surface area (Å²) in [5.41, 5.74) is 1.15. The molecule has 4 nitrogen and oxygen atoms in total. The quantitative estimate of drug-likeness (QED) is 0.927. The number of carbonyl (C=O) groups excluding carboxylic acids is 1. The van der Waals surface area contributed by atoms with Crippen molar-refractivity contribution in [3.8, 4) is 0 Å². The summed E-state index contributed by atoms with van der Waals surface area (Å²) in [6, 6.07) is 7.91. The van der Waals surface area contributed by atoms with Crippen molar-refractivity contribution in [2.24, 2.45) is 0 Å². The van der Waals surface area contributed by atoms with Gasteiger partial charge in [0.1, 0.15) is 6.10 Å². The van der Waals surface area contributed by atoms with Gasteiger partial charge in [0, 0.05) is 31.7 Å². The minimum atomic E-state index is -0.343. The number of hydrogen-bond donors (Lipinski definition) is 1. The largest absolute Gasteiger partial charge is 0.446 e. The Morgan fingerprint density at radius 1 is 1.42 bits per heavy atom. The number of rotatable bonds is 3. The van der Waals surface area contributed by atoms with Crippen molar-refractivity contribution < 1.29 is 9.53 Å². The molecule has 0 unspecified atom stereocenters. The van der Waals surface area contributed by atoms with E-state index in [0.717, 1.165) is 43.1 Å². The van der Waals surface area contributed by atoms with E-state index in [-0.39, 0.29) is 12.2 Å². The second kappa shape index (κ2) is 6.78. The van der Waals surface area contributed by atoms with Gasteiger partial charge in [0.25, 0.3) is 0 Å². The van der Waals surface area contributed by atoms with Crippen molar-refractivity contribution in [1.29, 1.82) is 0 Å². The van der Waals surface area contributed by atoms with E-state index >= 15 is 0 Å². The summed E-state index contributed by atoms with van der Waals surface area (Å²) in [5.74, 6) is 0. The van der Waals surface area contributed by atoms with Gasteiger partial charge >= 0.3 is 6.09 Å². The number of alkyl carbamates (subject to hydrolysis) is 1. The zero-order valence-electron chi connectivity index (χ0n) is 11.1. The van der Waals surface area contributed by atoms with Crippen LogP contribution in [0, 0.1) is 0 Å². The molecule has 0 aromatic heterocycles. The average molecular weight is 283 g/mol. The van der Waals surface area contributed by atoms with Gasteiger partial charge in [0.05, 0.1) is 0 Å². The van der Waals surface area contributed by atoms with E-state index < -0.39 is 0 Å². The van der Waals surface area contributed by atoms with E-state index in [9.17, 15) is 4.79 Å². The number of benzene rings is 1. The summed E-state index contributed by atoms with van der Waals surface area (Å²) in [5, 5.41) is 3.29. The van der Waals surface area contributed by atoms with Crippen molar-refractivity contribution >= 4 is 17.7 Å². The second-order valence-corrected chi connectivity index (χ2v) is 5.13. The molecule has 1 aliphatic rings. The third-order valence-electron chi connectivity index (χ3n) is 3.36. The first-order chi connectivity index (χ1) is 9.19. The molecule has 0 aliphatic carbocycles. The standard InChI is InChI=1S/C14H19ClN2O2/c1-16-14(18)19-12-6-8-17(9-7-12)10-11-4-2-3-5-13(11)15/h2-5,12H,6-10H2,1H3,(H,16,18). The van der Waals surface area contributed by atoms with Gasteiger partial charge in [0.15, 0.2) is 0 Å². The Morgan fingerprint density at radius 3 is 2.74 bits per heavy atom. The molecule has 104 valence electrons. The van der Waals surface area contributed by atoms with Gasteiger partial charge in [-0.1, -0.05) is 29.8 Å². The number of likely N-dealkylation sites (tertiary alicyclic amines) is 1. The van der Waals surface area contributed by atoms with E-state index in [2.05, 4.69) is 16.3 Å². The molecule has 0 spiro atoms. The molecule has 1 aromatic carbocycles. The number of carbonyl (C=O) groups is 1. The lowest BCUT2D eigenvalue weighted by Crippen LogP contribution is -2.38. The maximum Gasteiger partial charge on any atom is 0.407 e. The van der Waals surface area contributed by atoms with Crippen LogP contribution in [-0.2, 0) is 11.3 Å². The summed E-state index contributed by atoms with van der Waals surface area (Å²) in [6.07, 6.45) is 1.43. The maximum absolute atomic E-state index is 11.1. The topological polar surface area (TPSA) is 41.6 Å². The molecule has 0 saturated carbocycles. The predicted octanol–water partition coefficient (Wildman–Crippen LogP) is 2.66. The van der Waals surface area contributed by atoms with Crippen LogP contribution in [-0.4, -0.2) is 37.2 Å². The third kappa shape index (κ3) is 4.11. The van der Waals surface area contributed by atoms with Crippen LogP contribution in [0.2, 0.25) is 5.02 Å². The Morgan fingerprint density at radius 2 is 2.11 bits per heavy atom. The summed E-state index contributed by atoms with van der Waals surface area (Å²) in [4.78, 5) is 13.5. The number of nitrogens with zero attached hydrogens (tertiary/aromatic N) is 1. The fraction of sp³-hybridized carbons (Fsp3) is 0.500. The Bertz CT molecular complexity index is 431. The molecule has 2 rings (SSSR count). The number of hydrogen-bond acceptors (Lipinski definition) is 3. The second-order valence-electron chi connectivity index (χ2n) is 4.72. The molecule has 1 heterocycles. The molecule has 1 aromatic rings. The van der Waals surface area contributed by atoms with Crippen LogP contribution in [0.5, 0.6) is 0 Å². The van der Waals surface area contributed by atoms with Gasteiger partial charge in [-0.05, 0) is 24.5 Å². The van der Waals surface area contributed by atoms with Crippen LogP contribution in [0.15, 0.2) is 24.3 Å².